The first-order valence-electron chi connectivity index (χ1n) is 8.91. The van der Waals surface area contributed by atoms with Crippen LogP contribution in [0.5, 0.6) is 0 Å². The SMILES string of the molecule is CC[C@H]1[C@@H](CC2CCCCC2)C(=O)N1OC1CCCCO1. The summed E-state index contributed by atoms with van der Waals surface area (Å²) in [6.07, 6.45) is 11.7. The van der Waals surface area contributed by atoms with E-state index in [-0.39, 0.29) is 24.2 Å². The summed E-state index contributed by atoms with van der Waals surface area (Å²) < 4.78 is 5.59. The van der Waals surface area contributed by atoms with Gasteiger partial charge >= 0.3 is 0 Å². The maximum Gasteiger partial charge on any atom is 0.251 e. The molecular formula is C17H29NO3. The van der Waals surface area contributed by atoms with Crippen LogP contribution in [-0.2, 0) is 14.4 Å². The Hall–Kier alpha value is -0.610. The van der Waals surface area contributed by atoms with Crippen LogP contribution in [0.2, 0.25) is 0 Å². The van der Waals surface area contributed by atoms with Crippen molar-refractivity contribution in [2.75, 3.05) is 6.61 Å². The van der Waals surface area contributed by atoms with Crippen LogP contribution >= 0.6 is 0 Å². The molecule has 3 rings (SSSR count). The summed E-state index contributed by atoms with van der Waals surface area (Å²) in [6.45, 7) is 2.91. The molecule has 0 spiro atoms. The fourth-order valence-corrected chi connectivity index (χ4v) is 4.11. The summed E-state index contributed by atoms with van der Waals surface area (Å²) in [5.74, 6) is 1.15. The van der Waals surface area contributed by atoms with E-state index in [1.165, 1.54) is 32.1 Å². The number of amides is 1. The lowest BCUT2D eigenvalue weighted by molar-refractivity contribution is -0.319. The molecule has 2 aliphatic heterocycles. The van der Waals surface area contributed by atoms with Crippen LogP contribution in [0.25, 0.3) is 0 Å². The number of nitrogens with zero attached hydrogens (tertiary/aromatic N) is 1. The summed E-state index contributed by atoms with van der Waals surface area (Å²) in [6, 6.07) is 0.268. The third-order valence-corrected chi connectivity index (χ3v) is 5.40. The van der Waals surface area contributed by atoms with Crippen molar-refractivity contribution in [2.45, 2.75) is 83.5 Å². The van der Waals surface area contributed by atoms with Crippen molar-refractivity contribution >= 4 is 5.91 Å². The lowest BCUT2D eigenvalue weighted by Gasteiger charge is -2.48. The zero-order chi connectivity index (χ0) is 14.7. The van der Waals surface area contributed by atoms with E-state index in [4.69, 9.17) is 9.57 Å². The van der Waals surface area contributed by atoms with E-state index in [0.717, 1.165) is 44.6 Å². The van der Waals surface area contributed by atoms with Gasteiger partial charge in [0.1, 0.15) is 0 Å². The van der Waals surface area contributed by atoms with E-state index in [2.05, 4.69) is 6.92 Å². The molecule has 120 valence electrons. The zero-order valence-electron chi connectivity index (χ0n) is 13.3. The standard InChI is InChI=1S/C17H29NO3/c1-2-15-14(12-13-8-4-3-5-9-13)17(19)18(15)21-16-10-6-7-11-20-16/h13-16H,2-12H2,1H3/t14-,15+,16?/m1/s1. The monoisotopic (exact) mass is 295 g/mol. The number of hydrogen-bond donors (Lipinski definition) is 0. The molecule has 2 heterocycles. The van der Waals surface area contributed by atoms with Crippen LogP contribution in [0, 0.1) is 11.8 Å². The highest BCUT2D eigenvalue weighted by Crippen LogP contribution is 2.39. The van der Waals surface area contributed by atoms with Crippen LogP contribution in [0.3, 0.4) is 0 Å². The number of carbonyl (C=O) groups is 1. The molecule has 2 saturated heterocycles. The molecule has 3 fully saturated rings. The van der Waals surface area contributed by atoms with Crippen molar-refractivity contribution in [1.29, 1.82) is 0 Å². The van der Waals surface area contributed by atoms with Crippen LogP contribution in [-0.4, -0.2) is 29.9 Å². The maximum atomic E-state index is 12.4. The predicted octanol–water partition coefficient (Wildman–Crippen LogP) is 3.65. The van der Waals surface area contributed by atoms with Gasteiger partial charge in [0.15, 0.2) is 6.29 Å². The van der Waals surface area contributed by atoms with Gasteiger partial charge in [0.05, 0.1) is 12.0 Å². The lowest BCUT2D eigenvalue weighted by atomic mass is 9.76. The molecule has 0 bridgehead atoms. The molecule has 0 N–H and O–H groups in total. The Kier molecular flexibility index (Phi) is 5.17. The largest absolute Gasteiger partial charge is 0.350 e. The summed E-state index contributed by atoms with van der Waals surface area (Å²) in [7, 11) is 0. The molecule has 4 heteroatoms. The van der Waals surface area contributed by atoms with Crippen molar-refractivity contribution in [3.63, 3.8) is 0 Å². The van der Waals surface area contributed by atoms with Gasteiger partial charge in [-0.05, 0) is 31.6 Å². The molecule has 1 aliphatic carbocycles. The van der Waals surface area contributed by atoms with Crippen LogP contribution in [0.1, 0.15) is 71.1 Å². The first kappa shape index (κ1) is 15.3. The molecule has 0 aromatic carbocycles. The van der Waals surface area contributed by atoms with E-state index < -0.39 is 0 Å². The molecule has 0 aromatic rings. The lowest BCUT2D eigenvalue weighted by Crippen LogP contribution is -2.61. The summed E-state index contributed by atoms with van der Waals surface area (Å²) in [5, 5.41) is 1.63. The Morgan fingerprint density at radius 2 is 1.90 bits per heavy atom. The number of ether oxygens (including phenoxy) is 1. The molecule has 1 unspecified atom stereocenters. The first-order chi connectivity index (χ1) is 10.3. The van der Waals surface area contributed by atoms with E-state index in [1.54, 1.807) is 5.06 Å². The number of rotatable bonds is 5. The smallest absolute Gasteiger partial charge is 0.251 e. The fraction of sp³-hybridized carbons (Fsp3) is 0.941. The molecule has 4 nitrogen and oxygen atoms in total. The van der Waals surface area contributed by atoms with Crippen molar-refractivity contribution in [3.8, 4) is 0 Å². The van der Waals surface area contributed by atoms with Gasteiger partial charge in [0.2, 0.25) is 0 Å². The quantitative estimate of drug-likeness (QED) is 0.727. The molecular weight excluding hydrogens is 266 g/mol. The normalized spacial score (nSPS) is 34.8. The second kappa shape index (κ2) is 7.10. The van der Waals surface area contributed by atoms with Crippen molar-refractivity contribution < 1.29 is 14.4 Å². The average molecular weight is 295 g/mol. The molecule has 3 aliphatic rings. The Morgan fingerprint density at radius 3 is 2.57 bits per heavy atom. The summed E-state index contributed by atoms with van der Waals surface area (Å²) in [5.41, 5.74) is 0. The summed E-state index contributed by atoms with van der Waals surface area (Å²) in [4.78, 5) is 18.2. The molecule has 1 amide bonds. The molecule has 0 radical (unpaired) electrons. The molecule has 1 saturated carbocycles. The molecule has 0 aromatic heterocycles. The van der Waals surface area contributed by atoms with Gasteiger partial charge in [-0.1, -0.05) is 39.0 Å². The highest BCUT2D eigenvalue weighted by Gasteiger charge is 2.49. The summed E-state index contributed by atoms with van der Waals surface area (Å²) >= 11 is 0. The van der Waals surface area contributed by atoms with Crippen molar-refractivity contribution in [2.24, 2.45) is 11.8 Å². The third kappa shape index (κ3) is 3.42. The number of β-lactam (4-membered cyclic amide) rings is 1. The van der Waals surface area contributed by atoms with Gasteiger partial charge in [0, 0.05) is 13.0 Å². The Labute approximate surface area is 128 Å². The third-order valence-electron chi connectivity index (χ3n) is 5.40. The number of hydroxylamine groups is 2. The minimum Gasteiger partial charge on any atom is -0.350 e. The van der Waals surface area contributed by atoms with Crippen LogP contribution in [0.4, 0.5) is 0 Å². The van der Waals surface area contributed by atoms with E-state index >= 15 is 0 Å². The Morgan fingerprint density at radius 1 is 1.14 bits per heavy atom. The number of hydrogen-bond acceptors (Lipinski definition) is 3. The van der Waals surface area contributed by atoms with Gasteiger partial charge in [-0.25, -0.2) is 9.90 Å². The Balaban J connectivity index is 1.51. The topological polar surface area (TPSA) is 38.8 Å². The van der Waals surface area contributed by atoms with E-state index in [0.29, 0.717) is 0 Å². The zero-order valence-corrected chi connectivity index (χ0v) is 13.3. The highest BCUT2D eigenvalue weighted by molar-refractivity contribution is 5.84. The van der Waals surface area contributed by atoms with Gasteiger partial charge in [-0.3, -0.25) is 4.79 Å². The van der Waals surface area contributed by atoms with E-state index in [1.807, 2.05) is 0 Å². The van der Waals surface area contributed by atoms with Crippen LogP contribution in [0.15, 0.2) is 0 Å². The average Bonchev–Trinajstić information content (AvgIpc) is 2.55. The number of carbonyl (C=O) groups excluding carboxylic acids is 1. The van der Waals surface area contributed by atoms with Crippen molar-refractivity contribution in [3.05, 3.63) is 0 Å². The van der Waals surface area contributed by atoms with Crippen LogP contribution < -0.4 is 0 Å². The van der Waals surface area contributed by atoms with Gasteiger partial charge < -0.3 is 4.74 Å². The minimum atomic E-state index is -0.201. The van der Waals surface area contributed by atoms with E-state index in [9.17, 15) is 4.79 Å². The first-order valence-corrected chi connectivity index (χ1v) is 8.91. The second-order valence-electron chi connectivity index (χ2n) is 6.89. The minimum absolute atomic E-state index is 0.196. The predicted molar refractivity (Wildman–Crippen MR) is 80.3 cm³/mol. The van der Waals surface area contributed by atoms with Gasteiger partial charge in [-0.15, -0.1) is 0 Å². The maximum absolute atomic E-state index is 12.4. The highest BCUT2D eigenvalue weighted by atomic mass is 16.8. The Bertz CT molecular complexity index is 318. The molecule has 21 heavy (non-hydrogen) atoms. The molecule has 3 atom stereocenters. The van der Waals surface area contributed by atoms with Crippen molar-refractivity contribution in [1.82, 2.24) is 5.06 Å². The fourth-order valence-electron chi connectivity index (χ4n) is 4.11. The second-order valence-corrected chi connectivity index (χ2v) is 6.89. The van der Waals surface area contributed by atoms with Gasteiger partial charge in [-0.2, -0.15) is 0 Å². The van der Waals surface area contributed by atoms with Gasteiger partial charge in [0.25, 0.3) is 5.91 Å².